The minimum Gasteiger partial charge on any atom is -0.493 e. The normalized spacial score (nSPS) is 24.8. The zero-order valence-corrected chi connectivity index (χ0v) is 15.1. The quantitative estimate of drug-likeness (QED) is 0.890. The first-order valence-corrected chi connectivity index (χ1v) is 9.48. The van der Waals surface area contributed by atoms with Gasteiger partial charge in [0, 0.05) is 12.6 Å². The number of thiophene rings is 1. The van der Waals surface area contributed by atoms with Crippen molar-refractivity contribution >= 4 is 17.2 Å². The van der Waals surface area contributed by atoms with E-state index in [2.05, 4.69) is 10.2 Å². The van der Waals surface area contributed by atoms with E-state index in [1.165, 1.54) is 37.3 Å². The van der Waals surface area contributed by atoms with E-state index in [-0.39, 0.29) is 11.9 Å². The molecular formula is C19H22N2O3S. The molecule has 25 heavy (non-hydrogen) atoms. The van der Waals surface area contributed by atoms with E-state index < -0.39 is 0 Å². The molecule has 132 valence electrons. The predicted molar refractivity (Wildman–Crippen MR) is 97.8 cm³/mol. The van der Waals surface area contributed by atoms with E-state index >= 15 is 0 Å². The summed E-state index contributed by atoms with van der Waals surface area (Å²) in [5.74, 6) is 1.95. The molecule has 0 unspecified atom stereocenters. The topological polar surface area (TPSA) is 50.8 Å². The van der Waals surface area contributed by atoms with Gasteiger partial charge in [0.25, 0.3) is 5.91 Å². The molecule has 5 rings (SSSR count). The van der Waals surface area contributed by atoms with E-state index in [1.807, 2.05) is 36.4 Å². The third-order valence-corrected chi connectivity index (χ3v) is 6.02. The number of amides is 1. The summed E-state index contributed by atoms with van der Waals surface area (Å²) in [4.78, 5) is 15.7. The number of carbonyl (C=O) groups excluding carboxylic acids is 1. The molecule has 4 heterocycles. The van der Waals surface area contributed by atoms with Gasteiger partial charge in [-0.25, -0.2) is 0 Å². The Labute approximate surface area is 151 Å². The van der Waals surface area contributed by atoms with Crippen molar-refractivity contribution in [1.82, 2.24) is 10.2 Å². The van der Waals surface area contributed by atoms with Gasteiger partial charge in [0.2, 0.25) is 0 Å². The summed E-state index contributed by atoms with van der Waals surface area (Å²) in [7, 11) is 1.61. The summed E-state index contributed by atoms with van der Waals surface area (Å²) in [5.41, 5.74) is 0. The van der Waals surface area contributed by atoms with Crippen molar-refractivity contribution < 1.29 is 14.3 Å². The van der Waals surface area contributed by atoms with Crippen LogP contribution in [0.3, 0.4) is 0 Å². The Balaban J connectivity index is 1.41. The number of fused-ring (bicyclic) bond motifs is 3. The Morgan fingerprint density at radius 1 is 1.16 bits per heavy atom. The van der Waals surface area contributed by atoms with Gasteiger partial charge < -0.3 is 19.7 Å². The number of nitrogens with zero attached hydrogens (tertiary/aromatic N) is 1. The van der Waals surface area contributed by atoms with Crippen LogP contribution in [0.2, 0.25) is 0 Å². The molecule has 3 fully saturated rings. The SMILES string of the molecule is COc1ccccc1Oc1ccc(C(=O)N[C@H]2CN3CCC2CC3)s1. The van der Waals surface area contributed by atoms with Crippen molar-refractivity contribution in [2.75, 3.05) is 26.7 Å². The lowest BCUT2D eigenvalue weighted by Crippen LogP contribution is -2.57. The second-order valence-electron chi connectivity index (χ2n) is 6.59. The van der Waals surface area contributed by atoms with Gasteiger partial charge in [0.05, 0.1) is 12.0 Å². The molecule has 1 aromatic carbocycles. The summed E-state index contributed by atoms with van der Waals surface area (Å²) < 4.78 is 11.2. The Hall–Kier alpha value is -2.05. The van der Waals surface area contributed by atoms with E-state index in [1.54, 1.807) is 7.11 Å². The number of methoxy groups -OCH3 is 1. The number of hydrogen-bond donors (Lipinski definition) is 1. The van der Waals surface area contributed by atoms with Crippen molar-refractivity contribution in [3.63, 3.8) is 0 Å². The van der Waals surface area contributed by atoms with Gasteiger partial charge in [-0.2, -0.15) is 0 Å². The average Bonchev–Trinajstić information content (AvgIpc) is 3.12. The second-order valence-corrected chi connectivity index (χ2v) is 7.64. The molecule has 2 bridgehead atoms. The standard InChI is InChI=1S/C19H22N2O3S/c1-23-15-4-2-3-5-16(15)24-18-7-6-17(25-18)19(22)20-14-12-21-10-8-13(14)9-11-21/h2-7,13-14H,8-12H2,1H3,(H,20,22)/t14-/m0/s1. The minimum atomic E-state index is -0.00127. The van der Waals surface area contributed by atoms with Gasteiger partial charge >= 0.3 is 0 Å². The smallest absolute Gasteiger partial charge is 0.261 e. The molecule has 6 heteroatoms. The number of nitrogens with one attached hydrogen (secondary N) is 1. The molecule has 1 amide bonds. The van der Waals surface area contributed by atoms with Crippen LogP contribution >= 0.6 is 11.3 Å². The molecule has 0 aliphatic carbocycles. The Morgan fingerprint density at radius 2 is 1.92 bits per heavy atom. The first-order chi connectivity index (χ1) is 12.2. The highest BCUT2D eigenvalue weighted by Gasteiger charge is 2.35. The maximum Gasteiger partial charge on any atom is 0.261 e. The molecule has 2 aromatic rings. The number of para-hydroxylation sites is 2. The van der Waals surface area contributed by atoms with Crippen LogP contribution in [-0.4, -0.2) is 43.6 Å². The molecule has 0 spiro atoms. The minimum absolute atomic E-state index is 0.00127. The van der Waals surface area contributed by atoms with Gasteiger partial charge in [-0.3, -0.25) is 4.79 Å². The summed E-state index contributed by atoms with van der Waals surface area (Å²) in [5, 5.41) is 3.90. The van der Waals surface area contributed by atoms with Crippen LogP contribution in [0.15, 0.2) is 36.4 Å². The highest BCUT2D eigenvalue weighted by molar-refractivity contribution is 7.15. The first-order valence-electron chi connectivity index (χ1n) is 8.67. The monoisotopic (exact) mass is 358 g/mol. The number of rotatable bonds is 5. The zero-order valence-electron chi connectivity index (χ0n) is 14.2. The zero-order chi connectivity index (χ0) is 17.2. The maximum atomic E-state index is 12.6. The number of piperidine rings is 3. The Kier molecular flexibility index (Phi) is 4.63. The van der Waals surface area contributed by atoms with Gasteiger partial charge in [0.1, 0.15) is 0 Å². The molecule has 0 saturated carbocycles. The third-order valence-electron chi connectivity index (χ3n) is 5.06. The van der Waals surface area contributed by atoms with Crippen molar-refractivity contribution in [1.29, 1.82) is 0 Å². The lowest BCUT2D eigenvalue weighted by atomic mass is 9.84. The van der Waals surface area contributed by atoms with Gasteiger partial charge in [-0.05, 0) is 56.1 Å². The Bertz CT molecular complexity index is 753. The highest BCUT2D eigenvalue weighted by Crippen LogP contribution is 2.35. The van der Waals surface area contributed by atoms with Crippen LogP contribution in [0, 0.1) is 5.92 Å². The number of benzene rings is 1. The molecule has 1 atom stereocenters. The van der Waals surface area contributed by atoms with Crippen molar-refractivity contribution in [2.24, 2.45) is 5.92 Å². The van der Waals surface area contributed by atoms with Gasteiger partial charge in [-0.15, -0.1) is 0 Å². The van der Waals surface area contributed by atoms with Crippen LogP contribution in [0.5, 0.6) is 16.6 Å². The second kappa shape index (κ2) is 7.06. The Morgan fingerprint density at radius 3 is 2.60 bits per heavy atom. The van der Waals surface area contributed by atoms with Gasteiger partial charge in [0.15, 0.2) is 16.6 Å². The molecule has 0 radical (unpaired) electrons. The molecule has 3 aliphatic heterocycles. The van der Waals surface area contributed by atoms with E-state index in [0.29, 0.717) is 27.4 Å². The lowest BCUT2D eigenvalue weighted by Gasteiger charge is -2.44. The molecule has 3 saturated heterocycles. The summed E-state index contributed by atoms with van der Waals surface area (Å²) >= 11 is 1.36. The highest BCUT2D eigenvalue weighted by atomic mass is 32.1. The summed E-state index contributed by atoms with van der Waals surface area (Å²) in [6, 6.07) is 11.4. The van der Waals surface area contributed by atoms with Gasteiger partial charge in [-0.1, -0.05) is 23.5 Å². The summed E-state index contributed by atoms with van der Waals surface area (Å²) in [6.07, 6.45) is 2.38. The molecule has 5 nitrogen and oxygen atoms in total. The van der Waals surface area contributed by atoms with Crippen molar-refractivity contribution in [3.8, 4) is 16.6 Å². The fourth-order valence-electron chi connectivity index (χ4n) is 3.68. The van der Waals surface area contributed by atoms with Crippen LogP contribution in [0.1, 0.15) is 22.5 Å². The van der Waals surface area contributed by atoms with E-state index in [4.69, 9.17) is 9.47 Å². The van der Waals surface area contributed by atoms with Crippen LogP contribution in [-0.2, 0) is 0 Å². The first kappa shape index (κ1) is 16.4. The largest absolute Gasteiger partial charge is 0.493 e. The number of carbonyl (C=O) groups is 1. The van der Waals surface area contributed by atoms with Crippen molar-refractivity contribution in [3.05, 3.63) is 41.3 Å². The molecule has 1 N–H and O–H groups in total. The molecule has 3 aliphatic rings. The van der Waals surface area contributed by atoms with Crippen LogP contribution in [0.4, 0.5) is 0 Å². The maximum absolute atomic E-state index is 12.6. The predicted octanol–water partition coefficient (Wildman–Crippen LogP) is 3.37. The van der Waals surface area contributed by atoms with Crippen molar-refractivity contribution in [2.45, 2.75) is 18.9 Å². The summed E-state index contributed by atoms with van der Waals surface area (Å²) in [6.45, 7) is 3.33. The van der Waals surface area contributed by atoms with Crippen LogP contribution in [0.25, 0.3) is 0 Å². The van der Waals surface area contributed by atoms with Crippen LogP contribution < -0.4 is 14.8 Å². The number of ether oxygens (including phenoxy) is 2. The molecular weight excluding hydrogens is 336 g/mol. The third kappa shape index (κ3) is 3.50. The van der Waals surface area contributed by atoms with E-state index in [0.717, 1.165) is 6.54 Å². The number of hydrogen-bond acceptors (Lipinski definition) is 5. The fourth-order valence-corrected chi connectivity index (χ4v) is 4.45. The molecule has 1 aromatic heterocycles. The lowest BCUT2D eigenvalue weighted by molar-refractivity contribution is 0.0622. The fraction of sp³-hybridized carbons (Fsp3) is 0.421. The average molecular weight is 358 g/mol. The van der Waals surface area contributed by atoms with E-state index in [9.17, 15) is 4.79 Å².